The standard InChI is InChI=1S/C14H26N2O3/c1-3-8-15(2)9-4-5-12-19-13-6-10-16(11-7-13)14(17)18/h3,13H,1,4-12H2,2H3,(H,17,18). The molecule has 5 nitrogen and oxygen atoms in total. The number of nitrogens with zero attached hydrogens (tertiary/aromatic N) is 2. The molecular weight excluding hydrogens is 244 g/mol. The maximum Gasteiger partial charge on any atom is 0.407 e. The Bertz CT molecular complexity index is 276. The van der Waals surface area contributed by atoms with Gasteiger partial charge in [-0.1, -0.05) is 6.08 Å². The van der Waals surface area contributed by atoms with Crippen LogP contribution >= 0.6 is 0 Å². The fraction of sp³-hybridized carbons (Fsp3) is 0.786. The van der Waals surface area contributed by atoms with Crippen LogP contribution in [-0.2, 0) is 4.74 Å². The predicted octanol–water partition coefficient (Wildman–Crippen LogP) is 2.04. The lowest BCUT2D eigenvalue weighted by molar-refractivity contribution is 0.00820. The zero-order valence-corrected chi connectivity index (χ0v) is 11.9. The molecule has 1 heterocycles. The molecule has 19 heavy (non-hydrogen) atoms. The Morgan fingerprint density at radius 1 is 1.47 bits per heavy atom. The van der Waals surface area contributed by atoms with Crippen LogP contribution in [0.1, 0.15) is 25.7 Å². The maximum absolute atomic E-state index is 10.8. The molecule has 0 unspecified atom stereocenters. The van der Waals surface area contributed by atoms with Crippen LogP contribution in [0.3, 0.4) is 0 Å². The van der Waals surface area contributed by atoms with Crippen LogP contribution in [-0.4, -0.2) is 66.9 Å². The molecule has 1 saturated heterocycles. The highest BCUT2D eigenvalue weighted by atomic mass is 16.5. The van der Waals surface area contributed by atoms with Crippen molar-refractivity contribution in [1.82, 2.24) is 9.80 Å². The third-order valence-corrected chi connectivity index (χ3v) is 3.44. The van der Waals surface area contributed by atoms with E-state index in [1.807, 2.05) is 6.08 Å². The molecule has 1 rings (SSSR count). The highest BCUT2D eigenvalue weighted by Crippen LogP contribution is 2.14. The molecule has 5 heteroatoms. The van der Waals surface area contributed by atoms with Crippen molar-refractivity contribution in [1.29, 1.82) is 0 Å². The summed E-state index contributed by atoms with van der Waals surface area (Å²) < 4.78 is 5.79. The van der Waals surface area contributed by atoms with Gasteiger partial charge < -0.3 is 19.6 Å². The number of carbonyl (C=O) groups is 1. The van der Waals surface area contributed by atoms with E-state index >= 15 is 0 Å². The molecule has 0 aromatic rings. The van der Waals surface area contributed by atoms with Crippen LogP contribution in [0, 0.1) is 0 Å². The van der Waals surface area contributed by atoms with Gasteiger partial charge >= 0.3 is 6.09 Å². The first kappa shape index (κ1) is 16.0. The van der Waals surface area contributed by atoms with Crippen molar-refractivity contribution in [3.63, 3.8) is 0 Å². The average Bonchev–Trinajstić information content (AvgIpc) is 2.39. The summed E-state index contributed by atoms with van der Waals surface area (Å²) in [5.41, 5.74) is 0. The van der Waals surface area contributed by atoms with Crippen molar-refractivity contribution < 1.29 is 14.6 Å². The van der Waals surface area contributed by atoms with Crippen LogP contribution in [0.15, 0.2) is 12.7 Å². The van der Waals surface area contributed by atoms with Crippen LogP contribution in [0.5, 0.6) is 0 Å². The fourth-order valence-electron chi connectivity index (χ4n) is 2.26. The van der Waals surface area contributed by atoms with Gasteiger partial charge in [0.1, 0.15) is 0 Å². The lowest BCUT2D eigenvalue weighted by atomic mass is 10.1. The Labute approximate surface area is 115 Å². The lowest BCUT2D eigenvalue weighted by Gasteiger charge is -2.29. The zero-order valence-electron chi connectivity index (χ0n) is 11.9. The Balaban J connectivity index is 1.99. The highest BCUT2D eigenvalue weighted by Gasteiger charge is 2.22. The molecule has 1 fully saturated rings. The first-order valence-corrected chi connectivity index (χ1v) is 7.02. The second-order valence-corrected chi connectivity index (χ2v) is 5.10. The Morgan fingerprint density at radius 3 is 2.74 bits per heavy atom. The summed E-state index contributed by atoms with van der Waals surface area (Å²) in [6.07, 6.45) is 5.15. The second kappa shape index (κ2) is 8.93. The first-order valence-electron chi connectivity index (χ1n) is 7.02. The largest absolute Gasteiger partial charge is 0.465 e. The maximum atomic E-state index is 10.8. The number of carboxylic acid groups (broad SMARTS) is 1. The molecule has 0 atom stereocenters. The number of likely N-dealkylation sites (tertiary alicyclic amines) is 1. The minimum absolute atomic E-state index is 0.238. The van der Waals surface area contributed by atoms with E-state index in [4.69, 9.17) is 9.84 Å². The second-order valence-electron chi connectivity index (χ2n) is 5.10. The van der Waals surface area contributed by atoms with E-state index in [9.17, 15) is 4.79 Å². The summed E-state index contributed by atoms with van der Waals surface area (Å²) in [7, 11) is 2.09. The van der Waals surface area contributed by atoms with Gasteiger partial charge in [0.25, 0.3) is 0 Å². The number of rotatable bonds is 8. The van der Waals surface area contributed by atoms with Gasteiger partial charge in [-0.25, -0.2) is 4.79 Å². The summed E-state index contributed by atoms with van der Waals surface area (Å²) in [5.74, 6) is 0. The minimum atomic E-state index is -0.816. The number of hydrogen-bond donors (Lipinski definition) is 1. The molecule has 1 aliphatic heterocycles. The number of likely N-dealkylation sites (N-methyl/N-ethyl adjacent to an activating group) is 1. The van der Waals surface area contributed by atoms with E-state index in [0.717, 1.165) is 45.4 Å². The lowest BCUT2D eigenvalue weighted by Crippen LogP contribution is -2.40. The molecule has 0 aromatic carbocycles. The molecule has 1 amide bonds. The monoisotopic (exact) mass is 270 g/mol. The Hall–Kier alpha value is -1.07. The molecule has 0 aliphatic carbocycles. The summed E-state index contributed by atoms with van der Waals surface area (Å²) >= 11 is 0. The van der Waals surface area contributed by atoms with Gasteiger partial charge in [-0.05, 0) is 39.3 Å². The molecule has 1 N–H and O–H groups in total. The Kier molecular flexibility index (Phi) is 7.52. The highest BCUT2D eigenvalue weighted by molar-refractivity contribution is 5.64. The van der Waals surface area contributed by atoms with Crippen molar-refractivity contribution in [2.24, 2.45) is 0 Å². The fourth-order valence-corrected chi connectivity index (χ4v) is 2.26. The summed E-state index contributed by atoms with van der Waals surface area (Å²) in [6, 6.07) is 0. The topological polar surface area (TPSA) is 53.0 Å². The van der Waals surface area contributed by atoms with E-state index < -0.39 is 6.09 Å². The van der Waals surface area contributed by atoms with Crippen molar-refractivity contribution >= 4 is 6.09 Å². The SMILES string of the molecule is C=CCN(C)CCCCOC1CCN(C(=O)O)CC1. The third-order valence-electron chi connectivity index (χ3n) is 3.44. The Morgan fingerprint density at radius 2 is 2.16 bits per heavy atom. The van der Waals surface area contributed by atoms with Gasteiger partial charge in [-0.3, -0.25) is 0 Å². The molecule has 110 valence electrons. The molecule has 0 aromatic heterocycles. The van der Waals surface area contributed by atoms with Crippen LogP contribution < -0.4 is 0 Å². The average molecular weight is 270 g/mol. The van der Waals surface area contributed by atoms with E-state index in [0.29, 0.717) is 13.1 Å². The van der Waals surface area contributed by atoms with Crippen molar-refractivity contribution in [3.8, 4) is 0 Å². The summed E-state index contributed by atoms with van der Waals surface area (Å²) in [6.45, 7) is 7.68. The first-order chi connectivity index (χ1) is 9.13. The van der Waals surface area contributed by atoms with Crippen LogP contribution in [0.25, 0.3) is 0 Å². The molecular formula is C14H26N2O3. The van der Waals surface area contributed by atoms with Gasteiger partial charge in [0.05, 0.1) is 6.10 Å². The summed E-state index contributed by atoms with van der Waals surface area (Å²) in [5, 5.41) is 8.84. The van der Waals surface area contributed by atoms with Gasteiger partial charge in [0.15, 0.2) is 0 Å². The molecule has 0 radical (unpaired) electrons. The summed E-state index contributed by atoms with van der Waals surface area (Å²) in [4.78, 5) is 14.4. The molecule has 0 saturated carbocycles. The molecule has 0 spiro atoms. The third kappa shape index (κ3) is 6.59. The van der Waals surface area contributed by atoms with E-state index in [1.165, 1.54) is 4.90 Å². The van der Waals surface area contributed by atoms with Gasteiger partial charge in [0, 0.05) is 26.2 Å². The number of hydrogen-bond acceptors (Lipinski definition) is 3. The smallest absolute Gasteiger partial charge is 0.407 e. The predicted molar refractivity (Wildman–Crippen MR) is 75.5 cm³/mol. The zero-order chi connectivity index (χ0) is 14.1. The van der Waals surface area contributed by atoms with Crippen molar-refractivity contribution in [2.75, 3.05) is 39.8 Å². The van der Waals surface area contributed by atoms with Crippen molar-refractivity contribution in [3.05, 3.63) is 12.7 Å². The quantitative estimate of drug-likeness (QED) is 0.542. The van der Waals surface area contributed by atoms with E-state index in [2.05, 4.69) is 18.5 Å². The van der Waals surface area contributed by atoms with E-state index in [1.54, 1.807) is 0 Å². The minimum Gasteiger partial charge on any atom is -0.465 e. The van der Waals surface area contributed by atoms with Gasteiger partial charge in [0.2, 0.25) is 0 Å². The number of amides is 1. The van der Waals surface area contributed by atoms with E-state index in [-0.39, 0.29) is 6.10 Å². The number of unbranched alkanes of at least 4 members (excludes halogenated alkanes) is 1. The normalized spacial score (nSPS) is 16.8. The van der Waals surface area contributed by atoms with Crippen LogP contribution in [0.2, 0.25) is 0 Å². The molecule has 1 aliphatic rings. The number of piperidine rings is 1. The van der Waals surface area contributed by atoms with Crippen molar-refractivity contribution in [2.45, 2.75) is 31.8 Å². The number of ether oxygens (including phenoxy) is 1. The molecule has 0 bridgehead atoms. The van der Waals surface area contributed by atoms with Crippen LogP contribution in [0.4, 0.5) is 4.79 Å². The van der Waals surface area contributed by atoms with Gasteiger partial charge in [-0.15, -0.1) is 6.58 Å². The van der Waals surface area contributed by atoms with Gasteiger partial charge in [-0.2, -0.15) is 0 Å².